The van der Waals surface area contributed by atoms with Crippen LogP contribution >= 0.6 is 0 Å². The molecule has 0 unspecified atom stereocenters. The number of esters is 1. The van der Waals surface area contributed by atoms with Crippen molar-refractivity contribution in [1.29, 1.82) is 0 Å². The third-order valence-electron chi connectivity index (χ3n) is 2.70. The molecule has 0 saturated heterocycles. The quantitative estimate of drug-likeness (QED) is 0.622. The monoisotopic (exact) mass is 255 g/mol. The number of nitrogens with two attached hydrogens (primary N) is 1. The van der Waals surface area contributed by atoms with Crippen molar-refractivity contribution in [2.45, 2.75) is 6.61 Å². The van der Waals surface area contributed by atoms with Crippen LogP contribution in [0, 0.1) is 0 Å². The van der Waals surface area contributed by atoms with Gasteiger partial charge in [-0.1, -0.05) is 42.5 Å². The van der Waals surface area contributed by atoms with Gasteiger partial charge >= 0.3 is 13.0 Å². The Bertz CT molecular complexity index is 540. The van der Waals surface area contributed by atoms with Crippen LogP contribution in [0.2, 0.25) is 0 Å². The molecule has 0 heterocycles. The number of hydrogen-bond acceptors (Lipinski definition) is 4. The minimum atomic E-state index is -1.03. The third-order valence-corrected chi connectivity index (χ3v) is 2.70. The Morgan fingerprint density at radius 1 is 1.11 bits per heavy atom. The number of ether oxygens (including phenoxy) is 1. The van der Waals surface area contributed by atoms with E-state index in [0.29, 0.717) is 11.0 Å². The SMILES string of the molecule is NB(O)c1ccc(C(=O)OCc2ccccc2)cc1. The first-order chi connectivity index (χ1) is 9.16. The van der Waals surface area contributed by atoms with Gasteiger partial charge in [-0.3, -0.25) is 0 Å². The van der Waals surface area contributed by atoms with Crippen molar-refractivity contribution in [3.8, 4) is 0 Å². The van der Waals surface area contributed by atoms with Crippen LogP contribution in [-0.2, 0) is 11.3 Å². The molecular weight excluding hydrogens is 241 g/mol. The average Bonchev–Trinajstić information content (AvgIpc) is 2.46. The van der Waals surface area contributed by atoms with Gasteiger partial charge in [-0.2, -0.15) is 0 Å². The van der Waals surface area contributed by atoms with Crippen LogP contribution in [0.25, 0.3) is 0 Å². The van der Waals surface area contributed by atoms with E-state index in [9.17, 15) is 4.79 Å². The van der Waals surface area contributed by atoms with Crippen LogP contribution in [-0.4, -0.2) is 18.0 Å². The summed E-state index contributed by atoms with van der Waals surface area (Å²) < 4.78 is 5.18. The van der Waals surface area contributed by atoms with E-state index in [4.69, 9.17) is 15.4 Å². The first kappa shape index (κ1) is 13.3. The summed E-state index contributed by atoms with van der Waals surface area (Å²) in [5.41, 5.74) is 7.24. The Labute approximate surface area is 112 Å². The topological polar surface area (TPSA) is 72.5 Å². The van der Waals surface area contributed by atoms with Gasteiger partial charge in [-0.25, -0.2) is 4.79 Å². The van der Waals surface area contributed by atoms with E-state index in [1.165, 1.54) is 0 Å². The van der Waals surface area contributed by atoms with Gasteiger partial charge < -0.3 is 15.4 Å². The van der Waals surface area contributed by atoms with Gasteiger partial charge in [0, 0.05) is 0 Å². The van der Waals surface area contributed by atoms with Crippen molar-refractivity contribution < 1.29 is 14.6 Å². The first-order valence-electron chi connectivity index (χ1n) is 5.91. The van der Waals surface area contributed by atoms with Crippen molar-refractivity contribution in [3.05, 3.63) is 65.7 Å². The molecule has 5 heteroatoms. The summed E-state index contributed by atoms with van der Waals surface area (Å²) in [6.45, 7) is 0.237. The van der Waals surface area contributed by atoms with Gasteiger partial charge in [0.1, 0.15) is 6.61 Å². The van der Waals surface area contributed by atoms with Gasteiger partial charge in [0.25, 0.3) is 0 Å². The number of benzene rings is 2. The van der Waals surface area contributed by atoms with Crippen LogP contribution in [0.4, 0.5) is 0 Å². The van der Waals surface area contributed by atoms with Crippen molar-refractivity contribution >= 4 is 18.5 Å². The zero-order chi connectivity index (χ0) is 13.7. The van der Waals surface area contributed by atoms with E-state index in [1.54, 1.807) is 24.3 Å². The number of hydrogen-bond donors (Lipinski definition) is 2. The maximum Gasteiger partial charge on any atom is 0.410 e. The molecule has 2 aromatic carbocycles. The molecule has 0 atom stereocenters. The van der Waals surface area contributed by atoms with E-state index in [2.05, 4.69) is 0 Å². The Hall–Kier alpha value is -2.11. The molecule has 0 saturated carbocycles. The van der Waals surface area contributed by atoms with Gasteiger partial charge in [0.15, 0.2) is 0 Å². The largest absolute Gasteiger partial charge is 0.457 e. The van der Waals surface area contributed by atoms with Gasteiger partial charge in [-0.15, -0.1) is 0 Å². The van der Waals surface area contributed by atoms with Crippen LogP contribution in [0.1, 0.15) is 15.9 Å². The summed E-state index contributed by atoms with van der Waals surface area (Å²) >= 11 is 0. The van der Waals surface area contributed by atoms with Crippen LogP contribution in [0.3, 0.4) is 0 Å². The highest BCUT2D eigenvalue weighted by Gasteiger charge is 2.11. The lowest BCUT2D eigenvalue weighted by Gasteiger charge is -2.06. The molecule has 0 aliphatic carbocycles. The zero-order valence-corrected chi connectivity index (χ0v) is 10.3. The second-order valence-electron chi connectivity index (χ2n) is 4.13. The van der Waals surface area contributed by atoms with Crippen molar-refractivity contribution in [2.75, 3.05) is 0 Å². The molecule has 0 bridgehead atoms. The predicted octanol–water partition coefficient (Wildman–Crippen LogP) is 0.690. The maximum absolute atomic E-state index is 11.8. The highest BCUT2D eigenvalue weighted by Crippen LogP contribution is 2.05. The standard InChI is InChI=1S/C14H14BNO3/c16-15(18)13-8-6-12(7-9-13)14(17)19-10-11-4-2-1-3-5-11/h1-9,18H,10,16H2. The zero-order valence-electron chi connectivity index (χ0n) is 10.3. The molecule has 0 amide bonds. The predicted molar refractivity (Wildman–Crippen MR) is 73.8 cm³/mol. The van der Waals surface area contributed by atoms with E-state index in [0.717, 1.165) is 5.56 Å². The molecule has 3 N–H and O–H groups in total. The van der Waals surface area contributed by atoms with Crippen molar-refractivity contribution in [1.82, 2.24) is 0 Å². The number of carbonyl (C=O) groups excluding carboxylic acids is 1. The minimum Gasteiger partial charge on any atom is -0.457 e. The van der Waals surface area contributed by atoms with Crippen LogP contribution in [0.15, 0.2) is 54.6 Å². The summed E-state index contributed by atoms with van der Waals surface area (Å²) in [4.78, 5) is 11.8. The molecule has 96 valence electrons. The van der Waals surface area contributed by atoms with E-state index >= 15 is 0 Å². The Morgan fingerprint density at radius 2 is 1.74 bits per heavy atom. The second kappa shape index (κ2) is 6.18. The lowest BCUT2D eigenvalue weighted by Crippen LogP contribution is -2.39. The lowest BCUT2D eigenvalue weighted by atomic mass is 9.76. The Morgan fingerprint density at radius 3 is 2.32 bits per heavy atom. The smallest absolute Gasteiger partial charge is 0.410 e. The average molecular weight is 255 g/mol. The first-order valence-corrected chi connectivity index (χ1v) is 5.91. The lowest BCUT2D eigenvalue weighted by molar-refractivity contribution is 0.0473. The fraction of sp³-hybridized carbons (Fsp3) is 0.0714. The van der Waals surface area contributed by atoms with Crippen LogP contribution in [0.5, 0.6) is 0 Å². The molecular formula is C14H14BNO3. The summed E-state index contributed by atoms with van der Waals surface area (Å²) in [6.07, 6.45) is 0. The molecule has 0 radical (unpaired) electrons. The Kier molecular flexibility index (Phi) is 4.33. The molecule has 0 aliphatic heterocycles. The molecule has 0 aromatic heterocycles. The molecule has 19 heavy (non-hydrogen) atoms. The second-order valence-corrected chi connectivity index (χ2v) is 4.13. The van der Waals surface area contributed by atoms with Gasteiger partial charge in [-0.05, 0) is 23.2 Å². The minimum absolute atomic E-state index is 0.237. The summed E-state index contributed by atoms with van der Waals surface area (Å²) in [7, 11) is -1.03. The Balaban J connectivity index is 1.96. The summed E-state index contributed by atoms with van der Waals surface area (Å²) in [5.74, 6) is -0.401. The summed E-state index contributed by atoms with van der Waals surface area (Å²) in [6, 6.07) is 15.8. The van der Waals surface area contributed by atoms with Crippen molar-refractivity contribution in [3.63, 3.8) is 0 Å². The maximum atomic E-state index is 11.8. The summed E-state index contributed by atoms with van der Waals surface area (Å²) in [5, 5.41) is 9.17. The molecule has 0 spiro atoms. The molecule has 2 rings (SSSR count). The molecule has 0 fully saturated rings. The normalized spacial score (nSPS) is 10.0. The van der Waals surface area contributed by atoms with Gasteiger partial charge in [0.2, 0.25) is 0 Å². The van der Waals surface area contributed by atoms with Crippen molar-refractivity contribution in [2.24, 2.45) is 5.64 Å². The number of carbonyl (C=O) groups is 1. The molecule has 2 aromatic rings. The fourth-order valence-electron chi connectivity index (χ4n) is 1.62. The number of rotatable bonds is 4. The van der Waals surface area contributed by atoms with Gasteiger partial charge in [0.05, 0.1) is 5.56 Å². The highest BCUT2D eigenvalue weighted by molar-refractivity contribution is 6.62. The van der Waals surface area contributed by atoms with E-state index < -0.39 is 13.0 Å². The molecule has 0 aliphatic rings. The third kappa shape index (κ3) is 3.68. The van der Waals surface area contributed by atoms with Crippen LogP contribution < -0.4 is 11.1 Å². The van der Waals surface area contributed by atoms with E-state index in [-0.39, 0.29) is 6.61 Å². The fourth-order valence-corrected chi connectivity index (χ4v) is 1.62. The molecule has 4 nitrogen and oxygen atoms in total. The highest BCUT2D eigenvalue weighted by atomic mass is 16.5. The van der Waals surface area contributed by atoms with E-state index in [1.807, 2.05) is 30.3 Å².